The first-order valence-electron chi connectivity index (χ1n) is 5.04. The van der Waals surface area contributed by atoms with Crippen LogP contribution in [0, 0.1) is 0 Å². The van der Waals surface area contributed by atoms with E-state index in [1.54, 1.807) is 27.2 Å². The Kier molecular flexibility index (Phi) is 2.90. The zero-order valence-electron chi connectivity index (χ0n) is 8.72. The van der Waals surface area contributed by atoms with Crippen molar-refractivity contribution in [3.8, 4) is 0 Å². The van der Waals surface area contributed by atoms with Crippen LogP contribution in [0.1, 0.15) is 4.88 Å². The number of thiophene rings is 2. The Bertz CT molecular complexity index is 725. The Morgan fingerprint density at radius 1 is 1.18 bits per heavy atom. The molecule has 0 amide bonds. The normalized spacial score (nSPS) is 11.1. The molecule has 0 aliphatic carbocycles. The van der Waals surface area contributed by atoms with E-state index in [0.29, 0.717) is 6.54 Å². The van der Waals surface area contributed by atoms with Crippen molar-refractivity contribution >= 4 is 48.7 Å². The Morgan fingerprint density at radius 3 is 2.76 bits per heavy atom. The second-order valence-electron chi connectivity index (χ2n) is 3.64. The molecule has 3 aromatic heterocycles. The SMILES string of the molecule is O=c1c2ccsc2ccn1Cc1sccc1Br. The van der Waals surface area contributed by atoms with Gasteiger partial charge in [0.15, 0.2) is 0 Å². The van der Waals surface area contributed by atoms with Crippen LogP contribution in [-0.2, 0) is 6.54 Å². The van der Waals surface area contributed by atoms with Crippen molar-refractivity contribution < 1.29 is 0 Å². The largest absolute Gasteiger partial charge is 0.310 e. The number of rotatable bonds is 2. The van der Waals surface area contributed by atoms with Gasteiger partial charge in [0.05, 0.1) is 11.9 Å². The van der Waals surface area contributed by atoms with Crippen LogP contribution in [0.15, 0.2) is 44.4 Å². The lowest BCUT2D eigenvalue weighted by molar-refractivity contribution is 0.777. The molecule has 0 saturated heterocycles. The Morgan fingerprint density at radius 2 is 2.00 bits per heavy atom. The molecule has 3 aromatic rings. The van der Waals surface area contributed by atoms with Gasteiger partial charge < -0.3 is 4.57 Å². The van der Waals surface area contributed by atoms with Crippen LogP contribution < -0.4 is 5.56 Å². The number of aromatic nitrogens is 1. The average molecular weight is 326 g/mol. The van der Waals surface area contributed by atoms with E-state index in [1.165, 1.54) is 4.88 Å². The van der Waals surface area contributed by atoms with E-state index < -0.39 is 0 Å². The van der Waals surface area contributed by atoms with Gasteiger partial charge in [0, 0.05) is 20.2 Å². The predicted molar refractivity (Wildman–Crippen MR) is 77.2 cm³/mol. The minimum absolute atomic E-state index is 0.0871. The maximum atomic E-state index is 12.2. The molecule has 0 fully saturated rings. The molecule has 2 nitrogen and oxygen atoms in total. The second-order valence-corrected chi connectivity index (χ2v) is 6.44. The van der Waals surface area contributed by atoms with Crippen molar-refractivity contribution in [2.75, 3.05) is 0 Å². The summed E-state index contributed by atoms with van der Waals surface area (Å²) in [6.07, 6.45) is 1.87. The standard InChI is InChI=1S/C12H8BrNOS2/c13-9-3-6-17-11(9)7-14-4-1-10-8(12(14)15)2-5-16-10/h1-6H,7H2. The summed E-state index contributed by atoms with van der Waals surface area (Å²) in [7, 11) is 0. The summed E-state index contributed by atoms with van der Waals surface area (Å²) < 4.78 is 3.88. The molecule has 17 heavy (non-hydrogen) atoms. The van der Waals surface area contributed by atoms with Crippen LogP contribution in [0.5, 0.6) is 0 Å². The Labute approximate surface area is 114 Å². The number of hydrogen-bond donors (Lipinski definition) is 0. The molecule has 0 atom stereocenters. The van der Waals surface area contributed by atoms with E-state index in [9.17, 15) is 4.79 Å². The summed E-state index contributed by atoms with van der Waals surface area (Å²) in [5, 5.41) is 4.79. The lowest BCUT2D eigenvalue weighted by Crippen LogP contribution is -2.19. The van der Waals surface area contributed by atoms with E-state index >= 15 is 0 Å². The lowest BCUT2D eigenvalue weighted by Gasteiger charge is -2.04. The highest BCUT2D eigenvalue weighted by atomic mass is 79.9. The van der Waals surface area contributed by atoms with Crippen molar-refractivity contribution in [1.82, 2.24) is 4.57 Å². The lowest BCUT2D eigenvalue weighted by atomic mass is 10.3. The molecule has 0 bridgehead atoms. The van der Waals surface area contributed by atoms with Crippen LogP contribution in [0.2, 0.25) is 0 Å². The predicted octanol–water partition coefficient (Wildman–Crippen LogP) is 3.94. The topological polar surface area (TPSA) is 22.0 Å². The van der Waals surface area contributed by atoms with Gasteiger partial charge in [-0.05, 0) is 44.9 Å². The fourth-order valence-electron chi connectivity index (χ4n) is 1.72. The maximum Gasteiger partial charge on any atom is 0.259 e. The Balaban J connectivity index is 2.09. The number of pyridine rings is 1. The van der Waals surface area contributed by atoms with Crippen LogP contribution in [0.4, 0.5) is 0 Å². The molecule has 5 heteroatoms. The molecule has 0 saturated carbocycles. The van der Waals surface area contributed by atoms with Gasteiger partial charge in [0.2, 0.25) is 0 Å². The van der Waals surface area contributed by atoms with Gasteiger partial charge in [-0.25, -0.2) is 0 Å². The monoisotopic (exact) mass is 325 g/mol. The first-order chi connectivity index (χ1) is 8.25. The first-order valence-corrected chi connectivity index (χ1v) is 7.59. The van der Waals surface area contributed by atoms with Crippen molar-refractivity contribution in [2.24, 2.45) is 0 Å². The van der Waals surface area contributed by atoms with E-state index in [2.05, 4.69) is 15.9 Å². The van der Waals surface area contributed by atoms with Crippen LogP contribution >= 0.6 is 38.6 Å². The summed E-state index contributed by atoms with van der Waals surface area (Å²) in [4.78, 5) is 13.4. The molecule has 0 spiro atoms. The minimum atomic E-state index is 0.0871. The highest BCUT2D eigenvalue weighted by Gasteiger charge is 2.06. The van der Waals surface area contributed by atoms with Crippen LogP contribution in [-0.4, -0.2) is 4.57 Å². The third kappa shape index (κ3) is 1.99. The highest BCUT2D eigenvalue weighted by Crippen LogP contribution is 2.23. The van der Waals surface area contributed by atoms with E-state index in [-0.39, 0.29) is 5.56 Å². The molecule has 86 valence electrons. The van der Waals surface area contributed by atoms with Crippen molar-refractivity contribution in [2.45, 2.75) is 6.54 Å². The van der Waals surface area contributed by atoms with Crippen LogP contribution in [0.3, 0.4) is 0 Å². The third-order valence-corrected chi connectivity index (χ3v) is 5.39. The molecule has 0 N–H and O–H groups in total. The van der Waals surface area contributed by atoms with Crippen molar-refractivity contribution in [3.05, 3.63) is 54.9 Å². The van der Waals surface area contributed by atoms with E-state index in [0.717, 1.165) is 14.6 Å². The van der Waals surface area contributed by atoms with E-state index in [1.807, 2.05) is 35.2 Å². The van der Waals surface area contributed by atoms with Gasteiger partial charge in [0.25, 0.3) is 5.56 Å². The average Bonchev–Trinajstić information content (AvgIpc) is 2.92. The van der Waals surface area contributed by atoms with Gasteiger partial charge in [-0.2, -0.15) is 0 Å². The molecule has 3 heterocycles. The molecule has 0 unspecified atom stereocenters. The summed E-state index contributed by atoms with van der Waals surface area (Å²) in [5.74, 6) is 0. The van der Waals surface area contributed by atoms with Gasteiger partial charge in [-0.3, -0.25) is 4.79 Å². The second kappa shape index (κ2) is 4.40. The Hall–Kier alpha value is -0.910. The number of halogens is 1. The van der Waals surface area contributed by atoms with Crippen LogP contribution in [0.25, 0.3) is 10.1 Å². The van der Waals surface area contributed by atoms with Gasteiger partial charge in [-0.15, -0.1) is 22.7 Å². The molecular weight excluding hydrogens is 318 g/mol. The zero-order chi connectivity index (χ0) is 11.8. The summed E-state index contributed by atoms with van der Waals surface area (Å²) in [6, 6.07) is 5.90. The smallest absolute Gasteiger partial charge is 0.259 e. The molecule has 0 aromatic carbocycles. The molecular formula is C12H8BrNOS2. The number of nitrogens with zero attached hydrogens (tertiary/aromatic N) is 1. The summed E-state index contributed by atoms with van der Waals surface area (Å²) in [5.41, 5.74) is 0.0871. The zero-order valence-corrected chi connectivity index (χ0v) is 11.9. The van der Waals surface area contributed by atoms with Gasteiger partial charge in [-0.1, -0.05) is 0 Å². The third-order valence-electron chi connectivity index (χ3n) is 2.60. The fourth-order valence-corrected chi connectivity index (χ4v) is 3.97. The first kappa shape index (κ1) is 11.2. The van der Waals surface area contributed by atoms with Gasteiger partial charge in [0.1, 0.15) is 0 Å². The number of fused-ring (bicyclic) bond motifs is 1. The molecule has 0 aliphatic rings. The molecule has 0 radical (unpaired) electrons. The highest BCUT2D eigenvalue weighted by molar-refractivity contribution is 9.10. The fraction of sp³-hybridized carbons (Fsp3) is 0.0833. The van der Waals surface area contributed by atoms with Crippen molar-refractivity contribution in [3.63, 3.8) is 0 Å². The van der Waals surface area contributed by atoms with Gasteiger partial charge >= 0.3 is 0 Å². The molecule has 3 rings (SSSR count). The maximum absolute atomic E-state index is 12.2. The quantitative estimate of drug-likeness (QED) is 0.699. The minimum Gasteiger partial charge on any atom is -0.310 e. The number of hydrogen-bond acceptors (Lipinski definition) is 3. The summed E-state index contributed by atoms with van der Waals surface area (Å²) >= 11 is 6.75. The molecule has 0 aliphatic heterocycles. The van der Waals surface area contributed by atoms with Crippen molar-refractivity contribution in [1.29, 1.82) is 0 Å². The summed E-state index contributed by atoms with van der Waals surface area (Å²) in [6.45, 7) is 0.628. The van der Waals surface area contributed by atoms with E-state index in [4.69, 9.17) is 0 Å².